The fourth-order valence-electron chi connectivity index (χ4n) is 3.21. The number of benzene rings is 1. The largest absolute Gasteiger partial charge is 0.339 e. The van der Waals surface area contributed by atoms with E-state index in [9.17, 15) is 18.4 Å². The fourth-order valence-corrected chi connectivity index (χ4v) is 3.21. The molecule has 2 amide bonds. The lowest BCUT2D eigenvalue weighted by atomic mass is 10.1. The van der Waals surface area contributed by atoms with E-state index in [1.807, 2.05) is 6.92 Å². The van der Waals surface area contributed by atoms with Crippen molar-refractivity contribution in [1.29, 1.82) is 0 Å². The third kappa shape index (κ3) is 3.19. The molecule has 2 atom stereocenters. The molecule has 23 heavy (non-hydrogen) atoms. The molecule has 0 saturated carbocycles. The van der Waals surface area contributed by atoms with Crippen LogP contribution in [0.4, 0.5) is 14.5 Å². The van der Waals surface area contributed by atoms with E-state index in [1.54, 1.807) is 4.90 Å². The zero-order valence-corrected chi connectivity index (χ0v) is 12.9. The third-order valence-corrected chi connectivity index (χ3v) is 4.34. The molecule has 124 valence electrons. The lowest BCUT2D eigenvalue weighted by molar-refractivity contribution is -0.140. The number of halogens is 2. The average molecular weight is 323 g/mol. The summed E-state index contributed by atoms with van der Waals surface area (Å²) in [4.78, 5) is 28.1. The number of hydrogen-bond donors (Lipinski definition) is 1. The molecule has 5 nitrogen and oxygen atoms in total. The molecule has 0 unspecified atom stereocenters. The summed E-state index contributed by atoms with van der Waals surface area (Å²) in [6.45, 7) is 4.11. The van der Waals surface area contributed by atoms with Crippen molar-refractivity contribution >= 4 is 17.5 Å². The van der Waals surface area contributed by atoms with Gasteiger partial charge >= 0.3 is 0 Å². The van der Waals surface area contributed by atoms with Crippen LogP contribution < -0.4 is 10.2 Å². The molecule has 7 heteroatoms. The molecule has 2 heterocycles. The van der Waals surface area contributed by atoms with Gasteiger partial charge in [0.1, 0.15) is 17.6 Å². The molecule has 0 spiro atoms. The van der Waals surface area contributed by atoms with Crippen molar-refractivity contribution in [2.24, 2.45) is 5.92 Å². The van der Waals surface area contributed by atoms with Gasteiger partial charge in [-0.2, -0.15) is 0 Å². The molecule has 2 fully saturated rings. The highest BCUT2D eigenvalue weighted by molar-refractivity contribution is 6.09. The maximum absolute atomic E-state index is 13.3. The molecule has 1 aromatic rings. The van der Waals surface area contributed by atoms with Crippen LogP contribution in [0.2, 0.25) is 0 Å². The van der Waals surface area contributed by atoms with E-state index in [0.29, 0.717) is 32.6 Å². The number of nitrogens with one attached hydrogen (secondary N) is 1. The Kier molecular flexibility index (Phi) is 4.30. The molecule has 3 rings (SSSR count). The van der Waals surface area contributed by atoms with Gasteiger partial charge in [-0.3, -0.25) is 9.59 Å². The molecule has 0 bridgehead atoms. The Morgan fingerprint density at radius 1 is 1.22 bits per heavy atom. The second-order valence-corrected chi connectivity index (χ2v) is 6.10. The number of carbonyl (C=O) groups is 2. The smallest absolute Gasteiger partial charge is 0.239 e. The number of rotatable bonds is 2. The minimum atomic E-state index is -0.758. The number of piperazine rings is 1. The van der Waals surface area contributed by atoms with Crippen LogP contribution in [0.3, 0.4) is 0 Å². The van der Waals surface area contributed by atoms with Gasteiger partial charge in [-0.1, -0.05) is 0 Å². The van der Waals surface area contributed by atoms with Gasteiger partial charge in [0.25, 0.3) is 0 Å². The van der Waals surface area contributed by atoms with Crippen molar-refractivity contribution in [2.45, 2.75) is 19.4 Å². The Hall–Kier alpha value is -2.02. The van der Waals surface area contributed by atoms with Crippen molar-refractivity contribution in [3.63, 3.8) is 0 Å². The Labute approximate surface area is 133 Å². The first-order valence-corrected chi connectivity index (χ1v) is 7.75. The van der Waals surface area contributed by atoms with Crippen LogP contribution in [0.15, 0.2) is 18.2 Å². The van der Waals surface area contributed by atoms with Crippen molar-refractivity contribution in [3.05, 3.63) is 29.8 Å². The van der Waals surface area contributed by atoms with Gasteiger partial charge in [0.2, 0.25) is 11.8 Å². The predicted octanol–water partition coefficient (Wildman–Crippen LogP) is 1.14. The molecule has 0 aromatic heterocycles. The van der Waals surface area contributed by atoms with Crippen molar-refractivity contribution in [3.8, 4) is 0 Å². The van der Waals surface area contributed by atoms with E-state index >= 15 is 0 Å². The van der Waals surface area contributed by atoms with Crippen LogP contribution in [0.1, 0.15) is 13.3 Å². The van der Waals surface area contributed by atoms with E-state index in [4.69, 9.17) is 0 Å². The van der Waals surface area contributed by atoms with Gasteiger partial charge in [-0.05, 0) is 25.5 Å². The molecule has 0 radical (unpaired) electrons. The topological polar surface area (TPSA) is 52.7 Å². The van der Waals surface area contributed by atoms with Crippen LogP contribution in [0, 0.1) is 17.6 Å². The maximum atomic E-state index is 13.3. The minimum absolute atomic E-state index is 0.163. The summed E-state index contributed by atoms with van der Waals surface area (Å²) in [6.07, 6.45) is 0.369. The Balaban J connectivity index is 1.74. The number of amides is 2. The lowest BCUT2D eigenvalue weighted by Crippen LogP contribution is -2.53. The quantitative estimate of drug-likeness (QED) is 0.831. The van der Waals surface area contributed by atoms with Crippen LogP contribution in [-0.4, -0.2) is 48.9 Å². The molecule has 2 saturated heterocycles. The Morgan fingerprint density at radius 3 is 2.57 bits per heavy atom. The van der Waals surface area contributed by atoms with E-state index in [1.165, 1.54) is 4.90 Å². The van der Waals surface area contributed by atoms with Crippen LogP contribution in [-0.2, 0) is 9.59 Å². The van der Waals surface area contributed by atoms with E-state index in [-0.39, 0.29) is 23.5 Å². The second kappa shape index (κ2) is 6.23. The summed E-state index contributed by atoms with van der Waals surface area (Å²) in [5.74, 6) is -2.81. The van der Waals surface area contributed by atoms with Gasteiger partial charge in [-0.25, -0.2) is 8.78 Å². The van der Waals surface area contributed by atoms with Gasteiger partial charge in [-0.15, -0.1) is 0 Å². The van der Waals surface area contributed by atoms with Gasteiger partial charge in [0.15, 0.2) is 0 Å². The first kappa shape index (κ1) is 15.9. The average Bonchev–Trinajstić information content (AvgIpc) is 2.87. The van der Waals surface area contributed by atoms with Gasteiger partial charge in [0, 0.05) is 44.0 Å². The van der Waals surface area contributed by atoms with Crippen molar-refractivity contribution < 1.29 is 18.4 Å². The SMILES string of the molecule is C[C@H]1CN(C(=O)[C@H]2CCN(c3cc(F)cc(F)c3)C2=O)CCN1. The van der Waals surface area contributed by atoms with Crippen molar-refractivity contribution in [2.75, 3.05) is 31.1 Å². The molecular formula is C16H19F2N3O2. The predicted molar refractivity (Wildman–Crippen MR) is 80.9 cm³/mol. The molecular weight excluding hydrogens is 304 g/mol. The van der Waals surface area contributed by atoms with E-state index < -0.39 is 17.6 Å². The van der Waals surface area contributed by atoms with Gasteiger partial charge in [0.05, 0.1) is 0 Å². The number of nitrogens with zero attached hydrogens (tertiary/aromatic N) is 2. The van der Waals surface area contributed by atoms with Crippen LogP contribution in [0.5, 0.6) is 0 Å². The zero-order valence-electron chi connectivity index (χ0n) is 12.9. The highest BCUT2D eigenvalue weighted by atomic mass is 19.1. The highest BCUT2D eigenvalue weighted by Crippen LogP contribution is 2.28. The summed E-state index contributed by atoms with van der Waals surface area (Å²) >= 11 is 0. The summed E-state index contributed by atoms with van der Waals surface area (Å²) in [7, 11) is 0. The first-order valence-electron chi connectivity index (χ1n) is 7.75. The summed E-state index contributed by atoms with van der Waals surface area (Å²) in [5, 5.41) is 3.24. The molecule has 0 aliphatic carbocycles. The first-order chi connectivity index (χ1) is 11.0. The second-order valence-electron chi connectivity index (χ2n) is 6.10. The number of anilines is 1. The van der Waals surface area contributed by atoms with E-state index in [0.717, 1.165) is 18.2 Å². The van der Waals surface area contributed by atoms with Crippen LogP contribution >= 0.6 is 0 Å². The zero-order chi connectivity index (χ0) is 16.6. The van der Waals surface area contributed by atoms with Gasteiger partial charge < -0.3 is 15.1 Å². The summed E-state index contributed by atoms with van der Waals surface area (Å²) in [5.41, 5.74) is 0.163. The molecule has 2 aliphatic heterocycles. The Bertz CT molecular complexity index is 618. The highest BCUT2D eigenvalue weighted by Gasteiger charge is 2.40. The molecule has 1 N–H and O–H groups in total. The fraction of sp³-hybridized carbons (Fsp3) is 0.500. The molecule has 2 aliphatic rings. The third-order valence-electron chi connectivity index (χ3n) is 4.34. The summed E-state index contributed by atoms with van der Waals surface area (Å²) < 4.78 is 26.7. The molecule has 1 aromatic carbocycles. The number of hydrogen-bond acceptors (Lipinski definition) is 3. The van der Waals surface area contributed by atoms with Crippen molar-refractivity contribution in [1.82, 2.24) is 10.2 Å². The maximum Gasteiger partial charge on any atom is 0.239 e. The normalized spacial score (nSPS) is 25.1. The van der Waals surface area contributed by atoms with E-state index in [2.05, 4.69) is 5.32 Å². The Morgan fingerprint density at radius 2 is 1.91 bits per heavy atom. The summed E-state index contributed by atoms with van der Waals surface area (Å²) in [6, 6.07) is 3.17. The number of carbonyl (C=O) groups excluding carboxylic acids is 2. The lowest BCUT2D eigenvalue weighted by Gasteiger charge is -2.33. The van der Waals surface area contributed by atoms with Crippen LogP contribution in [0.25, 0.3) is 0 Å². The monoisotopic (exact) mass is 323 g/mol. The minimum Gasteiger partial charge on any atom is -0.339 e. The standard InChI is InChI=1S/C16H19F2N3O2/c1-10-9-20(5-3-19-10)15(22)14-2-4-21(16(14)23)13-7-11(17)6-12(18)8-13/h6-8,10,14,19H,2-5,9H2,1H3/t10-,14+/m0/s1.